The lowest BCUT2D eigenvalue weighted by molar-refractivity contribution is -0.136. The van der Waals surface area contributed by atoms with Crippen LogP contribution in [-0.4, -0.2) is 17.7 Å². The molecule has 25 heavy (non-hydrogen) atoms. The van der Waals surface area contributed by atoms with Gasteiger partial charge in [0.15, 0.2) is 0 Å². The molecule has 0 spiro atoms. The molecule has 4 rings (SSSR count). The molecule has 3 nitrogen and oxygen atoms in total. The van der Waals surface area contributed by atoms with Crippen LogP contribution in [0.2, 0.25) is 0 Å². The minimum atomic E-state index is -4.54. The second-order valence-electron chi connectivity index (χ2n) is 7.63. The van der Waals surface area contributed by atoms with Crippen LogP contribution in [0.3, 0.4) is 0 Å². The standard InChI is InChI=1S/C19H21F3N2O/c1-18-7-5-4-6-16(18)23(2)15-10-14-11(8-13(15)18)12(19(20,21)22)9-17(25)24(14)3/h8-10,16H,4-7H2,1-3H3/t16-,18-/m1/s1. The summed E-state index contributed by atoms with van der Waals surface area (Å²) in [7, 11) is 3.54. The fourth-order valence-corrected chi connectivity index (χ4v) is 4.89. The van der Waals surface area contributed by atoms with Crippen LogP contribution < -0.4 is 10.5 Å². The van der Waals surface area contributed by atoms with Crippen molar-refractivity contribution in [1.82, 2.24) is 4.57 Å². The maximum Gasteiger partial charge on any atom is 0.417 e. The molecule has 1 aromatic heterocycles. The number of anilines is 1. The SMILES string of the molecule is CN1c2cc3c(cc2[C@@]2(C)CCCC[C@@H]12)c(C(F)(F)F)cc(=O)n3C. The van der Waals surface area contributed by atoms with Gasteiger partial charge in [0, 0.05) is 42.7 Å². The number of aromatic nitrogens is 1. The van der Waals surface area contributed by atoms with E-state index in [2.05, 4.69) is 11.8 Å². The summed E-state index contributed by atoms with van der Waals surface area (Å²) in [6, 6.07) is 4.48. The molecule has 0 saturated heterocycles. The van der Waals surface area contributed by atoms with E-state index < -0.39 is 17.3 Å². The van der Waals surface area contributed by atoms with Crippen molar-refractivity contribution in [2.75, 3.05) is 11.9 Å². The molecule has 0 amide bonds. The molecular weight excluding hydrogens is 329 g/mol. The first-order chi connectivity index (χ1) is 11.6. The Kier molecular flexibility index (Phi) is 3.31. The molecule has 1 aliphatic carbocycles. The van der Waals surface area contributed by atoms with Gasteiger partial charge in [-0.05, 0) is 30.5 Å². The number of rotatable bonds is 0. The highest BCUT2D eigenvalue weighted by Gasteiger charge is 2.48. The van der Waals surface area contributed by atoms with Gasteiger partial charge in [0.1, 0.15) is 0 Å². The summed E-state index contributed by atoms with van der Waals surface area (Å²) < 4.78 is 41.9. The molecule has 6 heteroatoms. The van der Waals surface area contributed by atoms with Crippen LogP contribution in [0.25, 0.3) is 10.9 Å². The molecule has 2 atom stereocenters. The van der Waals surface area contributed by atoms with E-state index in [1.165, 1.54) is 11.6 Å². The number of alkyl halides is 3. The number of likely N-dealkylation sites (N-methyl/N-ethyl adjacent to an activating group) is 1. The highest BCUT2D eigenvalue weighted by atomic mass is 19.4. The Labute approximate surface area is 144 Å². The minimum Gasteiger partial charge on any atom is -0.370 e. The Bertz CT molecular complexity index is 931. The number of aryl methyl sites for hydroxylation is 1. The summed E-state index contributed by atoms with van der Waals surface area (Å²) in [5.74, 6) is 0. The van der Waals surface area contributed by atoms with Crippen molar-refractivity contribution >= 4 is 16.6 Å². The van der Waals surface area contributed by atoms with Gasteiger partial charge in [0.25, 0.3) is 5.56 Å². The van der Waals surface area contributed by atoms with Crippen LogP contribution in [0.15, 0.2) is 23.0 Å². The fraction of sp³-hybridized carbons (Fsp3) is 0.526. The zero-order chi connectivity index (χ0) is 18.1. The molecule has 2 aliphatic rings. The first-order valence-corrected chi connectivity index (χ1v) is 8.63. The highest BCUT2D eigenvalue weighted by molar-refractivity contribution is 5.89. The number of hydrogen-bond acceptors (Lipinski definition) is 2. The van der Waals surface area contributed by atoms with Crippen LogP contribution in [0.1, 0.15) is 43.7 Å². The predicted octanol–water partition coefficient (Wildman–Crippen LogP) is 4.21. The Balaban J connectivity index is 2.08. The summed E-state index contributed by atoms with van der Waals surface area (Å²) in [5.41, 5.74) is 0.678. The normalized spacial score (nSPS) is 26.0. The molecule has 1 aromatic carbocycles. The average Bonchev–Trinajstić information content (AvgIpc) is 2.77. The van der Waals surface area contributed by atoms with Crippen molar-refractivity contribution in [2.45, 2.75) is 50.2 Å². The second-order valence-corrected chi connectivity index (χ2v) is 7.63. The third-order valence-electron chi connectivity index (χ3n) is 6.29. The highest BCUT2D eigenvalue weighted by Crippen LogP contribution is 2.52. The smallest absolute Gasteiger partial charge is 0.370 e. The zero-order valence-corrected chi connectivity index (χ0v) is 14.6. The summed E-state index contributed by atoms with van der Waals surface area (Å²) in [6.45, 7) is 2.17. The van der Waals surface area contributed by atoms with Crippen molar-refractivity contribution in [3.8, 4) is 0 Å². The minimum absolute atomic E-state index is 0.120. The lowest BCUT2D eigenvalue weighted by Gasteiger charge is -2.39. The molecule has 1 aliphatic heterocycles. The third kappa shape index (κ3) is 2.15. The molecule has 0 bridgehead atoms. The number of nitrogens with zero attached hydrogens (tertiary/aromatic N) is 2. The van der Waals surface area contributed by atoms with Gasteiger partial charge in [-0.25, -0.2) is 0 Å². The van der Waals surface area contributed by atoms with Crippen LogP contribution in [0.5, 0.6) is 0 Å². The molecule has 2 aromatic rings. The van der Waals surface area contributed by atoms with Gasteiger partial charge in [0.2, 0.25) is 0 Å². The number of hydrogen-bond donors (Lipinski definition) is 0. The summed E-state index contributed by atoms with van der Waals surface area (Å²) >= 11 is 0. The lowest BCUT2D eigenvalue weighted by Crippen LogP contribution is -2.43. The van der Waals surface area contributed by atoms with E-state index in [1.54, 1.807) is 12.1 Å². The van der Waals surface area contributed by atoms with Gasteiger partial charge in [-0.3, -0.25) is 4.79 Å². The molecule has 0 N–H and O–H groups in total. The Hall–Kier alpha value is -1.98. The van der Waals surface area contributed by atoms with E-state index in [9.17, 15) is 18.0 Å². The molecule has 2 heterocycles. The lowest BCUT2D eigenvalue weighted by atomic mass is 9.69. The molecule has 1 fully saturated rings. The Morgan fingerprint density at radius 2 is 1.88 bits per heavy atom. The number of pyridine rings is 1. The molecular formula is C19H21F3N2O. The van der Waals surface area contributed by atoms with Crippen molar-refractivity contribution in [3.05, 3.63) is 39.7 Å². The van der Waals surface area contributed by atoms with E-state index >= 15 is 0 Å². The van der Waals surface area contributed by atoms with Crippen LogP contribution in [-0.2, 0) is 18.6 Å². The van der Waals surface area contributed by atoms with E-state index in [0.29, 0.717) is 17.6 Å². The van der Waals surface area contributed by atoms with Gasteiger partial charge in [-0.1, -0.05) is 19.8 Å². The quantitative estimate of drug-likeness (QED) is 0.711. The maximum absolute atomic E-state index is 13.5. The Morgan fingerprint density at radius 1 is 1.16 bits per heavy atom. The van der Waals surface area contributed by atoms with Gasteiger partial charge < -0.3 is 9.47 Å². The summed E-state index contributed by atoms with van der Waals surface area (Å²) in [5, 5.41) is 0.120. The van der Waals surface area contributed by atoms with Crippen molar-refractivity contribution in [1.29, 1.82) is 0 Å². The maximum atomic E-state index is 13.5. The van der Waals surface area contributed by atoms with Crippen LogP contribution in [0, 0.1) is 0 Å². The van der Waals surface area contributed by atoms with Gasteiger partial charge >= 0.3 is 6.18 Å². The first-order valence-electron chi connectivity index (χ1n) is 8.63. The van der Waals surface area contributed by atoms with E-state index in [4.69, 9.17) is 0 Å². The molecule has 0 radical (unpaired) electrons. The van der Waals surface area contributed by atoms with E-state index in [1.807, 2.05) is 7.05 Å². The van der Waals surface area contributed by atoms with E-state index in [0.717, 1.165) is 36.9 Å². The monoisotopic (exact) mass is 350 g/mol. The van der Waals surface area contributed by atoms with Gasteiger partial charge in [-0.2, -0.15) is 13.2 Å². The first kappa shape index (κ1) is 16.5. The van der Waals surface area contributed by atoms with Gasteiger partial charge in [0.05, 0.1) is 11.1 Å². The third-order valence-corrected chi connectivity index (χ3v) is 6.29. The van der Waals surface area contributed by atoms with E-state index in [-0.39, 0.29) is 10.8 Å². The van der Waals surface area contributed by atoms with Crippen molar-refractivity contribution < 1.29 is 13.2 Å². The number of benzene rings is 1. The van der Waals surface area contributed by atoms with Crippen molar-refractivity contribution in [2.24, 2.45) is 7.05 Å². The largest absolute Gasteiger partial charge is 0.417 e. The number of fused-ring (bicyclic) bond motifs is 4. The van der Waals surface area contributed by atoms with Crippen molar-refractivity contribution in [3.63, 3.8) is 0 Å². The van der Waals surface area contributed by atoms with Gasteiger partial charge in [-0.15, -0.1) is 0 Å². The summed E-state index contributed by atoms with van der Waals surface area (Å²) in [6.07, 6.45) is -0.282. The zero-order valence-electron chi connectivity index (χ0n) is 14.6. The second kappa shape index (κ2) is 5.02. The Morgan fingerprint density at radius 3 is 2.56 bits per heavy atom. The van der Waals surface area contributed by atoms with Crippen LogP contribution in [0.4, 0.5) is 18.9 Å². The topological polar surface area (TPSA) is 25.2 Å². The number of halogens is 3. The van der Waals surface area contributed by atoms with Crippen LogP contribution >= 0.6 is 0 Å². The molecule has 0 unspecified atom stereocenters. The molecule has 1 saturated carbocycles. The predicted molar refractivity (Wildman–Crippen MR) is 92.2 cm³/mol. The fourth-order valence-electron chi connectivity index (χ4n) is 4.89. The molecule has 134 valence electrons. The summed E-state index contributed by atoms with van der Waals surface area (Å²) in [4.78, 5) is 14.2. The average molecular weight is 350 g/mol.